The molecule has 0 radical (unpaired) electrons. The third kappa shape index (κ3) is 2.38. The van der Waals surface area contributed by atoms with Crippen LogP contribution in [0.3, 0.4) is 0 Å². The molecular formula is C15H15N5. The van der Waals surface area contributed by atoms with Crippen molar-refractivity contribution in [2.75, 3.05) is 11.1 Å². The number of benzene rings is 1. The molecule has 0 fully saturated rings. The Bertz CT molecular complexity index is 754. The van der Waals surface area contributed by atoms with Crippen LogP contribution in [0.15, 0.2) is 42.7 Å². The highest BCUT2D eigenvalue weighted by Gasteiger charge is 2.06. The number of fused-ring (bicyclic) bond motifs is 1. The Morgan fingerprint density at radius 3 is 2.85 bits per heavy atom. The molecule has 2 aromatic heterocycles. The topological polar surface area (TPSA) is 76.7 Å². The first-order valence-corrected chi connectivity index (χ1v) is 6.39. The van der Waals surface area contributed by atoms with Gasteiger partial charge in [0.15, 0.2) is 0 Å². The van der Waals surface area contributed by atoms with Crippen molar-refractivity contribution in [1.82, 2.24) is 15.0 Å². The minimum atomic E-state index is 0.599. The minimum Gasteiger partial charge on any atom is -0.396 e. The highest BCUT2D eigenvalue weighted by Crippen LogP contribution is 2.27. The number of nitrogens with one attached hydrogen (secondary N) is 1. The van der Waals surface area contributed by atoms with E-state index < -0.39 is 0 Å². The molecule has 3 aromatic rings. The molecule has 0 unspecified atom stereocenters. The standard InChI is InChI=1S/C15H15N5/c1-10-17-7-6-11(20-10)8-19-15-12-4-2-3-5-14(12)18-9-13(15)16/h2-7,9H,8,16H2,1H3,(H,18,19). The van der Waals surface area contributed by atoms with Crippen molar-refractivity contribution in [3.05, 3.63) is 54.2 Å². The van der Waals surface area contributed by atoms with E-state index in [1.54, 1.807) is 12.4 Å². The molecule has 2 heterocycles. The van der Waals surface area contributed by atoms with Crippen LogP contribution in [0.4, 0.5) is 11.4 Å². The van der Waals surface area contributed by atoms with E-state index in [0.29, 0.717) is 12.2 Å². The van der Waals surface area contributed by atoms with Crippen LogP contribution in [0.5, 0.6) is 0 Å². The number of aromatic nitrogens is 3. The molecular weight excluding hydrogens is 250 g/mol. The summed E-state index contributed by atoms with van der Waals surface area (Å²) in [4.78, 5) is 12.8. The third-order valence-corrected chi connectivity index (χ3v) is 3.08. The lowest BCUT2D eigenvalue weighted by Gasteiger charge is -2.12. The normalized spacial score (nSPS) is 10.7. The van der Waals surface area contributed by atoms with Gasteiger partial charge < -0.3 is 11.1 Å². The van der Waals surface area contributed by atoms with Crippen LogP contribution in [-0.2, 0) is 6.54 Å². The number of rotatable bonds is 3. The largest absolute Gasteiger partial charge is 0.396 e. The molecule has 0 aliphatic carbocycles. The number of nitrogens with zero attached hydrogens (tertiary/aromatic N) is 3. The summed E-state index contributed by atoms with van der Waals surface area (Å²) in [7, 11) is 0. The molecule has 3 N–H and O–H groups in total. The minimum absolute atomic E-state index is 0.599. The molecule has 0 atom stereocenters. The fourth-order valence-corrected chi connectivity index (χ4v) is 2.14. The van der Waals surface area contributed by atoms with Gasteiger partial charge in [0.1, 0.15) is 5.82 Å². The van der Waals surface area contributed by atoms with Crippen LogP contribution in [0.1, 0.15) is 11.5 Å². The van der Waals surface area contributed by atoms with Gasteiger partial charge in [-0.1, -0.05) is 18.2 Å². The smallest absolute Gasteiger partial charge is 0.125 e. The zero-order chi connectivity index (χ0) is 13.9. The molecule has 0 spiro atoms. The van der Waals surface area contributed by atoms with E-state index in [1.165, 1.54) is 0 Å². The van der Waals surface area contributed by atoms with Crippen molar-refractivity contribution in [2.24, 2.45) is 0 Å². The first-order valence-electron chi connectivity index (χ1n) is 6.39. The number of para-hydroxylation sites is 1. The summed E-state index contributed by atoms with van der Waals surface area (Å²) < 4.78 is 0. The molecule has 5 nitrogen and oxygen atoms in total. The van der Waals surface area contributed by atoms with Gasteiger partial charge in [-0.05, 0) is 19.1 Å². The van der Waals surface area contributed by atoms with Crippen molar-refractivity contribution >= 4 is 22.3 Å². The van der Waals surface area contributed by atoms with Gasteiger partial charge in [0.25, 0.3) is 0 Å². The Hall–Kier alpha value is -2.69. The van der Waals surface area contributed by atoms with E-state index in [2.05, 4.69) is 20.3 Å². The predicted molar refractivity (Wildman–Crippen MR) is 80.3 cm³/mol. The van der Waals surface area contributed by atoms with Gasteiger partial charge in [-0.15, -0.1) is 0 Å². The molecule has 1 aromatic carbocycles. The van der Waals surface area contributed by atoms with Gasteiger partial charge in [-0.2, -0.15) is 0 Å². The number of aryl methyl sites for hydroxylation is 1. The Morgan fingerprint density at radius 1 is 1.15 bits per heavy atom. The monoisotopic (exact) mass is 265 g/mol. The number of anilines is 2. The van der Waals surface area contributed by atoms with E-state index >= 15 is 0 Å². The first-order chi connectivity index (χ1) is 9.74. The predicted octanol–water partition coefficient (Wildman–Crippen LogP) is 2.53. The molecule has 5 heteroatoms. The van der Waals surface area contributed by atoms with Crippen LogP contribution >= 0.6 is 0 Å². The van der Waals surface area contributed by atoms with Gasteiger partial charge in [-0.3, -0.25) is 4.98 Å². The maximum atomic E-state index is 6.02. The van der Waals surface area contributed by atoms with Crippen molar-refractivity contribution in [3.63, 3.8) is 0 Å². The lowest BCUT2D eigenvalue weighted by molar-refractivity contribution is 0.956. The first kappa shape index (κ1) is 12.3. The lowest BCUT2D eigenvalue weighted by atomic mass is 10.1. The quantitative estimate of drug-likeness (QED) is 0.761. The lowest BCUT2D eigenvalue weighted by Crippen LogP contribution is -2.06. The molecule has 0 saturated heterocycles. The summed E-state index contributed by atoms with van der Waals surface area (Å²) in [6, 6.07) is 9.80. The number of nitrogens with two attached hydrogens (primary N) is 1. The summed E-state index contributed by atoms with van der Waals surface area (Å²) in [6.45, 7) is 2.47. The maximum Gasteiger partial charge on any atom is 0.125 e. The molecule has 0 bridgehead atoms. The van der Waals surface area contributed by atoms with Crippen LogP contribution in [0, 0.1) is 6.92 Å². The molecule has 100 valence electrons. The van der Waals surface area contributed by atoms with Gasteiger partial charge in [0, 0.05) is 11.6 Å². The number of nitrogen functional groups attached to an aromatic ring is 1. The van der Waals surface area contributed by atoms with Gasteiger partial charge in [0.2, 0.25) is 0 Å². The second-order valence-electron chi connectivity index (χ2n) is 4.55. The van der Waals surface area contributed by atoms with E-state index in [9.17, 15) is 0 Å². The SMILES string of the molecule is Cc1nccc(CNc2c(N)cnc3ccccc23)n1. The molecule has 0 saturated carbocycles. The van der Waals surface area contributed by atoms with Gasteiger partial charge in [0.05, 0.1) is 35.3 Å². The molecule has 0 aliphatic rings. The van der Waals surface area contributed by atoms with Crippen molar-refractivity contribution in [3.8, 4) is 0 Å². The second kappa shape index (κ2) is 5.13. The van der Waals surface area contributed by atoms with Crippen molar-refractivity contribution < 1.29 is 0 Å². The van der Waals surface area contributed by atoms with E-state index in [1.807, 2.05) is 37.3 Å². The van der Waals surface area contributed by atoms with E-state index in [4.69, 9.17) is 5.73 Å². The summed E-state index contributed by atoms with van der Waals surface area (Å²) in [5.74, 6) is 0.761. The van der Waals surface area contributed by atoms with E-state index in [-0.39, 0.29) is 0 Å². The Kier molecular flexibility index (Phi) is 3.16. The molecule has 3 rings (SSSR count). The highest BCUT2D eigenvalue weighted by molar-refractivity contribution is 5.96. The summed E-state index contributed by atoms with van der Waals surface area (Å²) >= 11 is 0. The third-order valence-electron chi connectivity index (χ3n) is 3.08. The Balaban J connectivity index is 1.92. The fourth-order valence-electron chi connectivity index (χ4n) is 2.14. The van der Waals surface area contributed by atoms with Gasteiger partial charge >= 0.3 is 0 Å². The van der Waals surface area contributed by atoms with Crippen LogP contribution < -0.4 is 11.1 Å². The number of pyridine rings is 1. The fraction of sp³-hybridized carbons (Fsp3) is 0.133. The zero-order valence-corrected chi connectivity index (χ0v) is 11.2. The second-order valence-corrected chi connectivity index (χ2v) is 4.55. The summed E-state index contributed by atoms with van der Waals surface area (Å²) in [6.07, 6.45) is 3.43. The van der Waals surface area contributed by atoms with Crippen LogP contribution in [-0.4, -0.2) is 15.0 Å². The molecule has 20 heavy (non-hydrogen) atoms. The Morgan fingerprint density at radius 2 is 2.00 bits per heavy atom. The van der Waals surface area contributed by atoms with Crippen molar-refractivity contribution in [1.29, 1.82) is 0 Å². The number of hydrogen-bond acceptors (Lipinski definition) is 5. The number of hydrogen-bond donors (Lipinski definition) is 2. The average molecular weight is 265 g/mol. The van der Waals surface area contributed by atoms with E-state index in [0.717, 1.165) is 28.1 Å². The summed E-state index contributed by atoms with van der Waals surface area (Å²) in [5, 5.41) is 4.36. The average Bonchev–Trinajstić information content (AvgIpc) is 2.46. The molecule has 0 amide bonds. The maximum absolute atomic E-state index is 6.02. The van der Waals surface area contributed by atoms with Gasteiger partial charge in [-0.25, -0.2) is 9.97 Å². The zero-order valence-electron chi connectivity index (χ0n) is 11.2. The Labute approximate surface area is 116 Å². The van der Waals surface area contributed by atoms with Crippen LogP contribution in [0.2, 0.25) is 0 Å². The molecule has 0 aliphatic heterocycles. The van der Waals surface area contributed by atoms with Crippen LogP contribution in [0.25, 0.3) is 10.9 Å². The highest BCUT2D eigenvalue weighted by atomic mass is 14.9. The summed E-state index contributed by atoms with van der Waals surface area (Å²) in [5.41, 5.74) is 9.40. The van der Waals surface area contributed by atoms with Crippen molar-refractivity contribution in [2.45, 2.75) is 13.5 Å².